The minimum absolute atomic E-state index is 0.184. The molecule has 29 heavy (non-hydrogen) atoms. The summed E-state index contributed by atoms with van der Waals surface area (Å²) in [5.41, 5.74) is 1.17. The lowest BCUT2D eigenvalue weighted by molar-refractivity contribution is 0.0990. The summed E-state index contributed by atoms with van der Waals surface area (Å²) in [6.45, 7) is 3.84. The number of hydrogen-bond donors (Lipinski definition) is 1. The van der Waals surface area contributed by atoms with Crippen LogP contribution in [-0.4, -0.2) is 27.7 Å². The molecular weight excluding hydrogens is 399 g/mol. The number of thioether (sulfide) groups is 1. The zero-order valence-corrected chi connectivity index (χ0v) is 15.6. The number of nitroso groups, excluding NO2 is 1. The van der Waals surface area contributed by atoms with Gasteiger partial charge in [0.15, 0.2) is 11.5 Å². The molecule has 2 amide bonds. The third kappa shape index (κ3) is 5.20. The molecule has 0 fully saturated rings. The Balaban J connectivity index is 1.56. The zero-order valence-electron chi connectivity index (χ0n) is 14.8. The molecule has 10 heteroatoms. The summed E-state index contributed by atoms with van der Waals surface area (Å²) in [4.78, 5) is 37.8. The van der Waals surface area contributed by atoms with E-state index in [0.29, 0.717) is 27.6 Å². The van der Waals surface area contributed by atoms with Crippen LogP contribution in [0.25, 0.3) is 5.57 Å². The number of carbonyl (C=O) groups is 2. The van der Waals surface area contributed by atoms with E-state index < -0.39 is 5.91 Å². The van der Waals surface area contributed by atoms with Gasteiger partial charge in [-0.2, -0.15) is 0 Å². The maximum atomic E-state index is 12.9. The van der Waals surface area contributed by atoms with Gasteiger partial charge < -0.3 is 9.84 Å². The predicted octanol–water partition coefficient (Wildman–Crippen LogP) is 4.17. The van der Waals surface area contributed by atoms with Gasteiger partial charge in [0.05, 0.1) is 10.6 Å². The van der Waals surface area contributed by atoms with E-state index in [9.17, 15) is 18.9 Å². The van der Waals surface area contributed by atoms with E-state index >= 15 is 0 Å². The average Bonchev–Trinajstić information content (AvgIpc) is 3.24. The number of aromatic nitrogens is 2. The lowest BCUT2D eigenvalue weighted by Crippen LogP contribution is -2.12. The van der Waals surface area contributed by atoms with Gasteiger partial charge in [0.1, 0.15) is 5.82 Å². The Morgan fingerprint density at radius 1 is 1.21 bits per heavy atom. The number of hydrogen-bond acceptors (Lipinski definition) is 7. The summed E-state index contributed by atoms with van der Waals surface area (Å²) in [5.74, 6) is -1.13. The van der Waals surface area contributed by atoms with E-state index in [1.807, 2.05) is 0 Å². The monoisotopic (exact) mass is 412 g/mol. The summed E-state index contributed by atoms with van der Waals surface area (Å²) in [6.07, 6.45) is 1.42. The van der Waals surface area contributed by atoms with E-state index in [1.54, 1.807) is 12.1 Å². The van der Waals surface area contributed by atoms with Crippen molar-refractivity contribution in [2.24, 2.45) is 5.18 Å². The number of carbonyl (C=O) groups excluding carboxylic acids is 2. The van der Waals surface area contributed by atoms with E-state index in [-0.39, 0.29) is 23.2 Å². The summed E-state index contributed by atoms with van der Waals surface area (Å²) in [6, 6.07) is 10.0. The van der Waals surface area contributed by atoms with Crippen LogP contribution in [0.4, 0.5) is 10.1 Å². The minimum Gasteiger partial charge on any atom is -0.356 e. The SMILES string of the molecule is C=C(CSc1ccc(C(=O)Nc2ccc(F)cc2)cn1)c1cc(C(=O)N=O)no1. The number of anilines is 1. The normalized spacial score (nSPS) is 10.4. The Labute approximate surface area is 168 Å². The van der Waals surface area contributed by atoms with Gasteiger partial charge in [-0.05, 0) is 36.4 Å². The third-order valence-corrected chi connectivity index (χ3v) is 4.69. The molecule has 0 saturated carbocycles. The van der Waals surface area contributed by atoms with Gasteiger partial charge in [0, 0.05) is 34.5 Å². The van der Waals surface area contributed by atoms with Crippen LogP contribution in [0, 0.1) is 10.7 Å². The first-order valence-electron chi connectivity index (χ1n) is 8.14. The average molecular weight is 412 g/mol. The molecule has 3 aromatic rings. The molecule has 8 nitrogen and oxygen atoms in total. The Kier molecular flexibility index (Phi) is 6.25. The van der Waals surface area contributed by atoms with Crippen LogP contribution in [0.15, 0.2) is 70.0 Å². The number of benzene rings is 1. The molecule has 3 rings (SSSR count). The molecule has 0 spiro atoms. The number of amides is 2. The fourth-order valence-corrected chi connectivity index (χ4v) is 2.91. The first-order chi connectivity index (χ1) is 14.0. The van der Waals surface area contributed by atoms with Gasteiger partial charge in [-0.15, -0.1) is 16.7 Å². The fraction of sp³-hybridized carbons (Fsp3) is 0.0526. The summed E-state index contributed by atoms with van der Waals surface area (Å²) in [7, 11) is 0. The van der Waals surface area contributed by atoms with Crippen LogP contribution >= 0.6 is 11.8 Å². The first kappa shape index (κ1) is 20.1. The summed E-state index contributed by atoms with van der Waals surface area (Å²) < 4.78 is 17.9. The molecule has 2 heterocycles. The van der Waals surface area contributed by atoms with Crippen molar-refractivity contribution in [3.8, 4) is 0 Å². The van der Waals surface area contributed by atoms with Gasteiger partial charge in [0.25, 0.3) is 5.91 Å². The number of nitrogens with zero attached hydrogens (tertiary/aromatic N) is 3. The van der Waals surface area contributed by atoms with Gasteiger partial charge in [-0.25, -0.2) is 9.37 Å². The van der Waals surface area contributed by atoms with Crippen molar-refractivity contribution in [2.75, 3.05) is 11.1 Å². The molecule has 0 aliphatic carbocycles. The lowest BCUT2D eigenvalue weighted by atomic mass is 10.2. The standard InChI is InChI=1S/C19H13FN4O4S/c1-11(16-8-15(24-28-16)19(26)23-27)10-29-17-7-2-12(9-21-17)18(25)22-14-5-3-13(20)4-6-14/h2-9H,1,10H2,(H,22,25). The second-order valence-corrected chi connectivity index (χ2v) is 6.71. The molecule has 2 aromatic heterocycles. The second kappa shape index (κ2) is 9.02. The molecule has 1 N–H and O–H groups in total. The van der Waals surface area contributed by atoms with Crippen molar-refractivity contribution in [1.82, 2.24) is 10.1 Å². The molecule has 0 saturated heterocycles. The number of pyridine rings is 1. The van der Waals surface area contributed by atoms with Gasteiger partial charge in [-0.1, -0.05) is 11.7 Å². The minimum atomic E-state index is -1.02. The highest BCUT2D eigenvalue weighted by molar-refractivity contribution is 7.99. The maximum Gasteiger partial charge on any atom is 0.338 e. The van der Waals surface area contributed by atoms with Crippen LogP contribution in [-0.2, 0) is 0 Å². The largest absolute Gasteiger partial charge is 0.356 e. The van der Waals surface area contributed by atoms with Crippen LogP contribution in [0.3, 0.4) is 0 Å². The van der Waals surface area contributed by atoms with Crippen molar-refractivity contribution in [3.63, 3.8) is 0 Å². The molecule has 0 radical (unpaired) electrons. The Hall–Kier alpha value is -3.66. The Morgan fingerprint density at radius 2 is 1.97 bits per heavy atom. The van der Waals surface area contributed by atoms with Gasteiger partial charge >= 0.3 is 5.91 Å². The molecule has 0 aliphatic rings. The summed E-state index contributed by atoms with van der Waals surface area (Å²) in [5, 5.41) is 9.02. The van der Waals surface area contributed by atoms with Crippen LogP contribution in [0.5, 0.6) is 0 Å². The lowest BCUT2D eigenvalue weighted by Gasteiger charge is -2.06. The molecule has 0 bridgehead atoms. The van der Waals surface area contributed by atoms with E-state index in [1.165, 1.54) is 48.3 Å². The first-order valence-corrected chi connectivity index (χ1v) is 9.13. The van der Waals surface area contributed by atoms with E-state index in [2.05, 4.69) is 27.2 Å². The molecule has 0 aliphatic heterocycles. The molecule has 0 atom stereocenters. The highest BCUT2D eigenvalue weighted by atomic mass is 32.2. The van der Waals surface area contributed by atoms with Crippen LogP contribution in [0.2, 0.25) is 0 Å². The van der Waals surface area contributed by atoms with Crippen molar-refractivity contribution in [1.29, 1.82) is 0 Å². The maximum absolute atomic E-state index is 12.9. The number of rotatable bonds is 7. The highest BCUT2D eigenvalue weighted by Gasteiger charge is 2.15. The third-order valence-electron chi connectivity index (χ3n) is 3.66. The van der Waals surface area contributed by atoms with E-state index in [4.69, 9.17) is 4.52 Å². The molecule has 0 unspecified atom stereocenters. The smallest absolute Gasteiger partial charge is 0.338 e. The number of nitrogens with one attached hydrogen (secondary N) is 1. The van der Waals surface area contributed by atoms with Crippen LogP contribution in [0.1, 0.15) is 26.6 Å². The van der Waals surface area contributed by atoms with Gasteiger partial charge in [-0.3, -0.25) is 9.59 Å². The molecular formula is C19H13FN4O4S. The van der Waals surface area contributed by atoms with Gasteiger partial charge in [0.2, 0.25) is 0 Å². The van der Waals surface area contributed by atoms with Crippen molar-refractivity contribution >= 4 is 34.8 Å². The second-order valence-electron chi connectivity index (χ2n) is 5.71. The quantitative estimate of drug-likeness (QED) is 0.457. The van der Waals surface area contributed by atoms with Crippen molar-refractivity contribution in [2.45, 2.75) is 5.03 Å². The zero-order chi connectivity index (χ0) is 20.8. The summed E-state index contributed by atoms with van der Waals surface area (Å²) >= 11 is 1.33. The number of halogens is 1. The van der Waals surface area contributed by atoms with Crippen LogP contribution < -0.4 is 5.32 Å². The Bertz CT molecular complexity index is 1060. The Morgan fingerprint density at radius 3 is 2.62 bits per heavy atom. The highest BCUT2D eigenvalue weighted by Crippen LogP contribution is 2.24. The molecule has 1 aromatic carbocycles. The topological polar surface area (TPSA) is 115 Å². The van der Waals surface area contributed by atoms with E-state index in [0.717, 1.165) is 0 Å². The fourth-order valence-electron chi connectivity index (χ4n) is 2.16. The van der Waals surface area contributed by atoms with Crippen molar-refractivity contribution in [3.05, 3.63) is 83.0 Å². The van der Waals surface area contributed by atoms with Crippen molar-refractivity contribution < 1.29 is 18.5 Å². The molecule has 146 valence electrons. The predicted molar refractivity (Wildman–Crippen MR) is 105 cm³/mol.